The lowest BCUT2D eigenvalue weighted by molar-refractivity contribution is -0.117. The summed E-state index contributed by atoms with van der Waals surface area (Å²) in [7, 11) is -1.84. The number of benzene rings is 3. The summed E-state index contributed by atoms with van der Waals surface area (Å²) >= 11 is 0. The number of nitrogens with zero attached hydrogens (tertiary/aromatic N) is 1. The third-order valence-electron chi connectivity index (χ3n) is 6.04. The Kier molecular flexibility index (Phi) is 6.48. The molecule has 1 amide bonds. The van der Waals surface area contributed by atoms with Gasteiger partial charge in [-0.25, -0.2) is 8.42 Å². The number of nitrogens with one attached hydrogen (secondary N) is 1. The van der Waals surface area contributed by atoms with Crippen molar-refractivity contribution in [1.29, 1.82) is 0 Å². The lowest BCUT2D eigenvalue weighted by atomic mass is 9.97. The third-order valence-corrected chi connectivity index (χ3v) is 7.95. The van der Waals surface area contributed by atoms with Crippen LogP contribution in [0.15, 0.2) is 65.6 Å². The average molecular weight is 453 g/mol. The second-order valence-electron chi connectivity index (χ2n) is 8.17. The van der Waals surface area contributed by atoms with Gasteiger partial charge in [0.25, 0.3) is 0 Å². The highest BCUT2D eigenvalue weighted by molar-refractivity contribution is 7.89. The van der Waals surface area contributed by atoms with Crippen molar-refractivity contribution in [3.8, 4) is 5.75 Å². The summed E-state index contributed by atoms with van der Waals surface area (Å²) in [6.07, 6.45) is 2.86. The maximum Gasteiger partial charge on any atom is 0.243 e. The predicted octanol–water partition coefficient (Wildman–Crippen LogP) is 4.77. The maximum absolute atomic E-state index is 12.8. The predicted molar refractivity (Wildman–Crippen MR) is 127 cm³/mol. The highest BCUT2D eigenvalue weighted by Gasteiger charge is 2.26. The number of hydrogen-bond donors (Lipinski definition) is 1. The van der Waals surface area contributed by atoms with E-state index in [1.54, 1.807) is 35.7 Å². The van der Waals surface area contributed by atoms with Crippen molar-refractivity contribution in [3.63, 3.8) is 0 Å². The van der Waals surface area contributed by atoms with Crippen LogP contribution in [-0.2, 0) is 14.8 Å². The number of fused-ring (bicyclic) bond motifs is 1. The minimum Gasteiger partial charge on any atom is -0.497 e. The van der Waals surface area contributed by atoms with E-state index in [4.69, 9.17) is 4.74 Å². The molecule has 1 aliphatic rings. The molecule has 168 valence electrons. The topological polar surface area (TPSA) is 75.7 Å². The summed E-state index contributed by atoms with van der Waals surface area (Å²) in [5.74, 6) is 0.282. The van der Waals surface area contributed by atoms with E-state index >= 15 is 0 Å². The first kappa shape index (κ1) is 22.3. The van der Waals surface area contributed by atoms with Crippen molar-refractivity contribution in [2.24, 2.45) is 0 Å². The monoisotopic (exact) mass is 452 g/mol. The zero-order valence-corrected chi connectivity index (χ0v) is 19.2. The van der Waals surface area contributed by atoms with Crippen molar-refractivity contribution < 1.29 is 17.9 Å². The molecule has 1 fully saturated rings. The van der Waals surface area contributed by atoms with Crippen molar-refractivity contribution in [1.82, 2.24) is 4.31 Å². The number of piperidine rings is 1. The van der Waals surface area contributed by atoms with Gasteiger partial charge in [-0.3, -0.25) is 4.79 Å². The van der Waals surface area contributed by atoms with Gasteiger partial charge in [0.15, 0.2) is 0 Å². The lowest BCUT2D eigenvalue weighted by Gasteiger charge is -2.25. The number of anilines is 1. The lowest BCUT2D eigenvalue weighted by Crippen LogP contribution is -2.35. The largest absolute Gasteiger partial charge is 0.497 e. The van der Waals surface area contributed by atoms with E-state index in [1.807, 2.05) is 43.3 Å². The molecule has 1 N–H and O–H groups in total. The SMILES string of the molecule is COc1ccc2cc(C(C)C(=O)Nc3ccc(S(=O)(=O)N4CCCCC4)cc3)ccc2c1. The second kappa shape index (κ2) is 9.30. The number of ether oxygens (including phenoxy) is 1. The van der Waals surface area contributed by atoms with Gasteiger partial charge in [0.05, 0.1) is 17.9 Å². The molecular formula is C25H28N2O4S. The van der Waals surface area contributed by atoms with E-state index in [9.17, 15) is 13.2 Å². The summed E-state index contributed by atoms with van der Waals surface area (Å²) in [6, 6.07) is 18.2. The van der Waals surface area contributed by atoms with Gasteiger partial charge < -0.3 is 10.1 Å². The molecule has 32 heavy (non-hydrogen) atoms. The Hall–Kier alpha value is -2.90. The Bertz CT molecular complexity index is 1220. The van der Waals surface area contributed by atoms with Gasteiger partial charge in [-0.05, 0) is 72.5 Å². The van der Waals surface area contributed by atoms with E-state index in [2.05, 4.69) is 5.32 Å². The van der Waals surface area contributed by atoms with Crippen LogP contribution in [0.2, 0.25) is 0 Å². The fraction of sp³-hybridized carbons (Fsp3) is 0.320. The van der Waals surface area contributed by atoms with Crippen LogP contribution in [0.4, 0.5) is 5.69 Å². The van der Waals surface area contributed by atoms with Crippen LogP contribution in [0.1, 0.15) is 37.7 Å². The smallest absolute Gasteiger partial charge is 0.243 e. The molecule has 0 saturated carbocycles. The van der Waals surface area contributed by atoms with Gasteiger partial charge in [0.1, 0.15) is 5.75 Å². The normalized spacial score (nSPS) is 15.9. The Morgan fingerprint density at radius 3 is 2.28 bits per heavy atom. The number of hydrogen-bond acceptors (Lipinski definition) is 4. The summed E-state index contributed by atoms with van der Waals surface area (Å²) in [5.41, 5.74) is 1.48. The highest BCUT2D eigenvalue weighted by Crippen LogP contribution is 2.27. The van der Waals surface area contributed by atoms with Crippen LogP contribution >= 0.6 is 0 Å². The van der Waals surface area contributed by atoms with E-state index in [0.29, 0.717) is 18.8 Å². The van der Waals surface area contributed by atoms with Crippen molar-refractivity contribution in [2.45, 2.75) is 37.0 Å². The molecule has 0 aromatic heterocycles. The number of rotatable bonds is 6. The molecule has 1 aliphatic heterocycles. The zero-order chi connectivity index (χ0) is 22.7. The van der Waals surface area contributed by atoms with Gasteiger partial charge in [-0.15, -0.1) is 0 Å². The van der Waals surface area contributed by atoms with Gasteiger partial charge in [-0.2, -0.15) is 4.31 Å². The first-order chi connectivity index (χ1) is 15.4. The minimum atomic E-state index is -3.48. The first-order valence-corrected chi connectivity index (χ1v) is 12.3. The standard InChI is InChI=1S/C25H28N2O4S/c1-18(19-6-7-21-17-23(31-2)11-8-20(21)16-19)25(28)26-22-9-12-24(13-10-22)32(29,30)27-14-4-3-5-15-27/h6-13,16-18H,3-5,14-15H2,1-2H3,(H,26,28). The van der Waals surface area contributed by atoms with Crippen LogP contribution < -0.4 is 10.1 Å². The molecule has 0 radical (unpaired) electrons. The molecule has 1 saturated heterocycles. The van der Waals surface area contributed by atoms with E-state index in [0.717, 1.165) is 41.3 Å². The van der Waals surface area contributed by atoms with Gasteiger partial charge >= 0.3 is 0 Å². The Morgan fingerprint density at radius 1 is 0.938 bits per heavy atom. The molecule has 0 aliphatic carbocycles. The molecule has 4 rings (SSSR count). The van der Waals surface area contributed by atoms with Crippen LogP contribution in [0.25, 0.3) is 10.8 Å². The van der Waals surface area contributed by atoms with E-state index in [-0.39, 0.29) is 16.7 Å². The molecule has 0 spiro atoms. The van der Waals surface area contributed by atoms with Crippen molar-refractivity contribution >= 4 is 32.4 Å². The summed E-state index contributed by atoms with van der Waals surface area (Å²) in [6.45, 7) is 2.99. The fourth-order valence-electron chi connectivity index (χ4n) is 4.01. The molecule has 1 unspecified atom stereocenters. The number of sulfonamides is 1. The molecule has 1 heterocycles. The third kappa shape index (κ3) is 4.64. The summed E-state index contributed by atoms with van der Waals surface area (Å²) in [4.78, 5) is 13.1. The van der Waals surface area contributed by atoms with Gasteiger partial charge in [-0.1, -0.05) is 30.7 Å². The number of carbonyl (C=O) groups is 1. The number of methoxy groups -OCH3 is 1. The number of amides is 1. The molecular weight excluding hydrogens is 424 g/mol. The summed E-state index contributed by atoms with van der Waals surface area (Å²) in [5, 5.41) is 4.98. The molecule has 3 aromatic rings. The Labute approximate surface area is 189 Å². The van der Waals surface area contributed by atoms with E-state index < -0.39 is 10.0 Å². The highest BCUT2D eigenvalue weighted by atomic mass is 32.2. The molecule has 1 atom stereocenters. The number of carbonyl (C=O) groups excluding carboxylic acids is 1. The molecule has 6 nitrogen and oxygen atoms in total. The van der Waals surface area contributed by atoms with Crippen LogP contribution in [0.3, 0.4) is 0 Å². The molecule has 7 heteroatoms. The zero-order valence-electron chi connectivity index (χ0n) is 18.4. The second-order valence-corrected chi connectivity index (χ2v) is 10.1. The van der Waals surface area contributed by atoms with Crippen molar-refractivity contribution in [3.05, 3.63) is 66.2 Å². The van der Waals surface area contributed by atoms with E-state index in [1.165, 1.54) is 0 Å². The van der Waals surface area contributed by atoms with Crippen LogP contribution in [0.5, 0.6) is 5.75 Å². The van der Waals surface area contributed by atoms with Gasteiger partial charge in [0, 0.05) is 18.8 Å². The van der Waals surface area contributed by atoms with Crippen LogP contribution in [-0.4, -0.2) is 38.8 Å². The van der Waals surface area contributed by atoms with Crippen LogP contribution in [0, 0.1) is 0 Å². The van der Waals surface area contributed by atoms with Crippen molar-refractivity contribution in [2.75, 3.05) is 25.5 Å². The quantitative estimate of drug-likeness (QED) is 0.585. The molecule has 3 aromatic carbocycles. The fourth-order valence-corrected chi connectivity index (χ4v) is 5.52. The molecule has 0 bridgehead atoms. The average Bonchev–Trinajstić information content (AvgIpc) is 2.83. The Balaban J connectivity index is 1.46. The van der Waals surface area contributed by atoms with Gasteiger partial charge in [0.2, 0.25) is 15.9 Å². The first-order valence-electron chi connectivity index (χ1n) is 10.9. The summed E-state index contributed by atoms with van der Waals surface area (Å²) < 4.78 is 32.4. The maximum atomic E-state index is 12.8. The minimum absolute atomic E-state index is 0.149. The Morgan fingerprint density at radius 2 is 1.59 bits per heavy atom.